The van der Waals surface area contributed by atoms with Gasteiger partial charge >= 0.3 is 0 Å². The van der Waals surface area contributed by atoms with Gasteiger partial charge in [0.1, 0.15) is 11.5 Å². The third kappa shape index (κ3) is 4.30. The van der Waals surface area contributed by atoms with Gasteiger partial charge in [-0.2, -0.15) is 0 Å². The van der Waals surface area contributed by atoms with Crippen molar-refractivity contribution in [1.82, 2.24) is 4.57 Å². The van der Waals surface area contributed by atoms with Gasteiger partial charge < -0.3 is 4.57 Å². The number of nitro groups is 1. The van der Waals surface area contributed by atoms with Crippen LogP contribution in [-0.2, 0) is 0 Å². The Morgan fingerprint density at radius 1 is 1.16 bits per heavy atom. The smallest absolute Gasteiger partial charge is 0.270 e. The lowest BCUT2D eigenvalue weighted by molar-refractivity contribution is -0.384. The fraction of sp³-hybridized carbons (Fsp3) is 0.348. The number of nitrogens with zero attached hydrogens (tertiary/aromatic N) is 3. The molecule has 3 aromatic rings. The Balaban J connectivity index is 1.91. The van der Waals surface area contributed by atoms with Gasteiger partial charge in [0.15, 0.2) is 10.6 Å². The van der Waals surface area contributed by atoms with Crippen molar-refractivity contribution in [1.29, 1.82) is 0 Å². The van der Waals surface area contributed by atoms with Crippen LogP contribution in [0.3, 0.4) is 0 Å². The zero-order valence-electron chi connectivity index (χ0n) is 17.3. The van der Waals surface area contributed by atoms with Crippen molar-refractivity contribution in [3.8, 4) is 11.3 Å². The molecule has 1 saturated carbocycles. The Bertz CT molecular complexity index is 1190. The van der Waals surface area contributed by atoms with E-state index in [9.17, 15) is 18.9 Å². The van der Waals surface area contributed by atoms with Gasteiger partial charge in [-0.05, 0) is 30.4 Å². The normalized spacial score (nSPS) is 21.9. The molecule has 0 radical (unpaired) electrons. The zero-order valence-corrected chi connectivity index (χ0v) is 18.1. The maximum absolute atomic E-state index is 14.3. The lowest BCUT2D eigenvalue weighted by Crippen LogP contribution is -2.32. The van der Waals surface area contributed by atoms with E-state index in [0.717, 1.165) is 36.6 Å². The van der Waals surface area contributed by atoms with Crippen LogP contribution in [0.4, 0.5) is 20.2 Å². The number of non-ortho nitro benzene ring substituents is 1. The van der Waals surface area contributed by atoms with Crippen LogP contribution in [0.5, 0.6) is 0 Å². The van der Waals surface area contributed by atoms with E-state index in [1.54, 1.807) is 12.1 Å². The summed E-state index contributed by atoms with van der Waals surface area (Å²) in [5, 5.41) is 13.2. The van der Waals surface area contributed by atoms with Crippen molar-refractivity contribution in [3.05, 3.63) is 74.4 Å². The lowest BCUT2D eigenvalue weighted by atomic mass is 9.78. The molecule has 162 valence electrons. The summed E-state index contributed by atoms with van der Waals surface area (Å²) in [5.74, 6) is -0.498. The molecule has 0 spiro atoms. The van der Waals surface area contributed by atoms with Crippen molar-refractivity contribution >= 4 is 22.7 Å². The first-order valence-electron chi connectivity index (χ1n) is 10.3. The second kappa shape index (κ2) is 8.70. The highest BCUT2D eigenvalue weighted by Crippen LogP contribution is 2.40. The molecule has 0 saturated heterocycles. The fourth-order valence-electron chi connectivity index (χ4n) is 4.30. The van der Waals surface area contributed by atoms with Gasteiger partial charge in [-0.15, -0.1) is 11.3 Å². The van der Waals surface area contributed by atoms with Crippen molar-refractivity contribution in [2.45, 2.75) is 39.2 Å². The topological polar surface area (TPSA) is 60.4 Å². The molecule has 0 bridgehead atoms. The van der Waals surface area contributed by atoms with E-state index in [1.807, 2.05) is 11.4 Å². The molecule has 8 heteroatoms. The number of halogens is 2. The maximum Gasteiger partial charge on any atom is 0.270 e. The minimum atomic E-state index is -0.720. The summed E-state index contributed by atoms with van der Waals surface area (Å²) in [6, 6.07) is 9.99. The van der Waals surface area contributed by atoms with Crippen LogP contribution in [0, 0.1) is 33.6 Å². The number of aromatic nitrogens is 1. The second-order valence-electron chi connectivity index (χ2n) is 8.12. The highest BCUT2D eigenvalue weighted by Gasteiger charge is 2.30. The monoisotopic (exact) mass is 443 g/mol. The Kier molecular flexibility index (Phi) is 6.00. The third-order valence-corrected chi connectivity index (χ3v) is 7.06. The Labute approximate surface area is 182 Å². The molecule has 5 nitrogen and oxygen atoms in total. The van der Waals surface area contributed by atoms with Crippen molar-refractivity contribution < 1.29 is 13.7 Å². The summed E-state index contributed by atoms with van der Waals surface area (Å²) in [5.41, 5.74) is 1.63. The second-order valence-corrected chi connectivity index (χ2v) is 8.96. The summed E-state index contributed by atoms with van der Waals surface area (Å²) in [6.45, 7) is 4.44. The minimum absolute atomic E-state index is 0.0170. The molecule has 3 unspecified atom stereocenters. The average molecular weight is 444 g/mol. The Morgan fingerprint density at radius 2 is 1.97 bits per heavy atom. The van der Waals surface area contributed by atoms with Crippen molar-refractivity contribution in [2.24, 2.45) is 16.8 Å². The van der Waals surface area contributed by atoms with Crippen LogP contribution in [-0.4, -0.2) is 9.49 Å². The predicted octanol–water partition coefficient (Wildman–Crippen LogP) is 6.63. The molecule has 1 aliphatic rings. The van der Waals surface area contributed by atoms with Gasteiger partial charge in [0.05, 0.1) is 10.6 Å². The maximum atomic E-state index is 14.3. The molecular formula is C23H23F2N3O2S. The van der Waals surface area contributed by atoms with E-state index >= 15 is 0 Å². The predicted molar refractivity (Wildman–Crippen MR) is 117 cm³/mol. The molecule has 0 aliphatic heterocycles. The van der Waals surface area contributed by atoms with Crippen LogP contribution in [0.1, 0.15) is 39.2 Å². The van der Waals surface area contributed by atoms with Gasteiger partial charge in [0, 0.05) is 35.2 Å². The first-order valence-corrected chi connectivity index (χ1v) is 11.2. The summed E-state index contributed by atoms with van der Waals surface area (Å²) >= 11 is 1.36. The first-order chi connectivity index (χ1) is 14.8. The highest BCUT2D eigenvalue weighted by atomic mass is 32.1. The molecule has 4 rings (SSSR count). The zero-order chi connectivity index (χ0) is 22.1. The number of hydrogen-bond donors (Lipinski definition) is 0. The van der Waals surface area contributed by atoms with Crippen LogP contribution in [0.15, 0.2) is 52.8 Å². The largest absolute Gasteiger partial charge is 0.313 e. The Hall–Kier alpha value is -2.87. The number of benzene rings is 2. The number of nitro benzene ring substituents is 1. The van der Waals surface area contributed by atoms with E-state index in [2.05, 4.69) is 23.4 Å². The molecule has 1 heterocycles. The van der Waals surface area contributed by atoms with Crippen LogP contribution >= 0.6 is 11.3 Å². The number of hydrogen-bond acceptors (Lipinski definition) is 4. The van der Waals surface area contributed by atoms with E-state index in [4.69, 9.17) is 0 Å². The Morgan fingerprint density at radius 3 is 2.71 bits per heavy atom. The minimum Gasteiger partial charge on any atom is -0.313 e. The molecule has 1 aromatic heterocycles. The fourth-order valence-corrected chi connectivity index (χ4v) is 5.27. The number of thiazole rings is 1. The first kappa shape index (κ1) is 21.4. The number of rotatable bonds is 4. The summed E-state index contributed by atoms with van der Waals surface area (Å²) in [7, 11) is 0. The van der Waals surface area contributed by atoms with Crippen LogP contribution < -0.4 is 4.80 Å². The standard InChI is InChI=1S/C23H23F2N3O2S/c1-14-5-3-8-21(15(14)2)27-22(16-6-4-7-18(11-16)28(29)30)13-31-23(27)26-20-10-9-17(24)12-19(20)25/h4,6-7,9-15,21H,3,5,8H2,1-2H3. The summed E-state index contributed by atoms with van der Waals surface area (Å²) in [6.07, 6.45) is 3.16. The SMILES string of the molecule is CC1CCCC(n2c(-c3cccc([N+](=O)[O-])c3)csc2=Nc2ccc(F)cc2F)C1C. The molecule has 0 amide bonds. The van der Waals surface area contributed by atoms with Gasteiger partial charge in [-0.3, -0.25) is 10.1 Å². The molecule has 3 atom stereocenters. The molecule has 31 heavy (non-hydrogen) atoms. The van der Waals surface area contributed by atoms with Gasteiger partial charge in [-0.25, -0.2) is 13.8 Å². The summed E-state index contributed by atoms with van der Waals surface area (Å²) < 4.78 is 29.7. The van der Waals surface area contributed by atoms with E-state index < -0.39 is 16.6 Å². The van der Waals surface area contributed by atoms with E-state index in [0.29, 0.717) is 16.6 Å². The highest BCUT2D eigenvalue weighted by molar-refractivity contribution is 7.07. The van der Waals surface area contributed by atoms with Crippen molar-refractivity contribution in [3.63, 3.8) is 0 Å². The summed E-state index contributed by atoms with van der Waals surface area (Å²) in [4.78, 5) is 16.0. The van der Waals surface area contributed by atoms with Gasteiger partial charge in [0.2, 0.25) is 0 Å². The molecule has 2 aromatic carbocycles. The quantitative estimate of drug-likeness (QED) is 0.335. The van der Waals surface area contributed by atoms with Gasteiger partial charge in [0.25, 0.3) is 5.69 Å². The molecule has 1 fully saturated rings. The van der Waals surface area contributed by atoms with Crippen LogP contribution in [0.25, 0.3) is 11.3 Å². The molecule has 1 aliphatic carbocycles. The van der Waals surface area contributed by atoms with Gasteiger partial charge in [-0.1, -0.05) is 38.8 Å². The van der Waals surface area contributed by atoms with E-state index in [-0.39, 0.29) is 17.4 Å². The molecule has 0 N–H and O–H groups in total. The van der Waals surface area contributed by atoms with E-state index in [1.165, 1.54) is 29.5 Å². The average Bonchev–Trinajstić information content (AvgIpc) is 3.15. The lowest BCUT2D eigenvalue weighted by Gasteiger charge is -2.36. The molecular weight excluding hydrogens is 420 g/mol. The third-order valence-electron chi connectivity index (χ3n) is 6.22. The van der Waals surface area contributed by atoms with Crippen molar-refractivity contribution in [2.75, 3.05) is 0 Å². The van der Waals surface area contributed by atoms with Crippen LogP contribution in [0.2, 0.25) is 0 Å².